The summed E-state index contributed by atoms with van der Waals surface area (Å²) in [5.41, 5.74) is 2.03. The number of carbonyl (C=O) groups is 2. The maximum atomic E-state index is 12.2. The van der Waals surface area contributed by atoms with E-state index in [0.29, 0.717) is 21.9 Å². The van der Waals surface area contributed by atoms with Crippen LogP contribution in [0.2, 0.25) is 0 Å². The number of rotatable bonds is 6. The van der Waals surface area contributed by atoms with E-state index in [1.807, 2.05) is 6.07 Å². The van der Waals surface area contributed by atoms with Crippen molar-refractivity contribution in [2.24, 2.45) is 0 Å². The summed E-state index contributed by atoms with van der Waals surface area (Å²) in [6.45, 7) is 1.05. The van der Waals surface area contributed by atoms with Crippen LogP contribution in [0.5, 0.6) is 5.75 Å². The van der Waals surface area contributed by atoms with Crippen LogP contribution >= 0.6 is 11.3 Å². The molecule has 1 N–H and O–H groups in total. The largest absolute Gasteiger partial charge is 0.479 e. The quantitative estimate of drug-likeness (QED) is 0.733. The minimum Gasteiger partial charge on any atom is -0.479 e. The Morgan fingerprint density at radius 3 is 2.59 bits per heavy atom. The number of anilines is 1. The zero-order valence-corrected chi connectivity index (χ0v) is 16.7. The number of hydrogen-bond acceptors (Lipinski definition) is 7. The van der Waals surface area contributed by atoms with Crippen LogP contribution in [0.15, 0.2) is 24.3 Å². The number of carbonyl (C=O) groups excluding carboxylic acids is 2. The highest BCUT2D eigenvalue weighted by Gasteiger charge is 2.23. The molecule has 1 heterocycles. The number of nitrogens with one attached hydrogen (secondary N) is 1. The van der Waals surface area contributed by atoms with Crippen LogP contribution in [-0.2, 0) is 27.2 Å². The molecule has 1 amide bonds. The lowest BCUT2D eigenvalue weighted by atomic mass is 9.96. The molecule has 29 heavy (non-hydrogen) atoms. The normalized spacial score (nSPS) is 13.3. The van der Waals surface area contributed by atoms with Crippen molar-refractivity contribution in [2.75, 3.05) is 11.9 Å². The number of hydrogen-bond donors (Lipinski definition) is 1. The van der Waals surface area contributed by atoms with E-state index >= 15 is 0 Å². The number of benzene rings is 1. The van der Waals surface area contributed by atoms with Crippen LogP contribution in [-0.4, -0.2) is 24.6 Å². The fourth-order valence-corrected chi connectivity index (χ4v) is 4.31. The predicted octanol–water partition coefficient (Wildman–Crippen LogP) is 3.32. The van der Waals surface area contributed by atoms with Crippen LogP contribution in [0.4, 0.5) is 5.00 Å². The lowest BCUT2D eigenvalue weighted by Crippen LogP contribution is -2.29. The van der Waals surface area contributed by atoms with Gasteiger partial charge in [-0.1, -0.05) is 0 Å². The van der Waals surface area contributed by atoms with Gasteiger partial charge in [0.15, 0.2) is 12.7 Å². The summed E-state index contributed by atoms with van der Waals surface area (Å²) in [5.74, 6) is -0.768. The summed E-state index contributed by atoms with van der Waals surface area (Å²) in [5, 5.41) is 21.4. The number of ether oxygens (including phenoxy) is 2. The van der Waals surface area contributed by atoms with E-state index in [4.69, 9.17) is 14.7 Å². The van der Waals surface area contributed by atoms with Gasteiger partial charge in [0.2, 0.25) is 0 Å². The molecular weight excluding hydrogens is 390 g/mol. The summed E-state index contributed by atoms with van der Waals surface area (Å²) >= 11 is 1.42. The number of nitriles is 2. The minimum atomic E-state index is -0.917. The van der Waals surface area contributed by atoms with Crippen molar-refractivity contribution in [1.82, 2.24) is 0 Å². The predicted molar refractivity (Wildman–Crippen MR) is 107 cm³/mol. The molecule has 148 valence electrons. The molecule has 1 aliphatic rings. The second-order valence-electron chi connectivity index (χ2n) is 6.58. The number of thiophene rings is 1. The molecule has 0 aliphatic heterocycles. The Balaban J connectivity index is 1.52. The van der Waals surface area contributed by atoms with Gasteiger partial charge in [-0.15, -0.1) is 11.3 Å². The Kier molecular flexibility index (Phi) is 6.48. The van der Waals surface area contributed by atoms with Crippen molar-refractivity contribution in [1.29, 1.82) is 10.5 Å². The fourth-order valence-electron chi connectivity index (χ4n) is 3.05. The minimum absolute atomic E-state index is 0.417. The van der Waals surface area contributed by atoms with Gasteiger partial charge in [-0.25, -0.2) is 4.79 Å². The van der Waals surface area contributed by atoms with Crippen molar-refractivity contribution in [3.63, 3.8) is 0 Å². The Labute approximate surface area is 172 Å². The molecule has 7 nitrogen and oxygen atoms in total. The first kappa shape index (κ1) is 20.4. The molecule has 1 aromatic heterocycles. The highest BCUT2D eigenvalue weighted by molar-refractivity contribution is 7.16. The van der Waals surface area contributed by atoms with E-state index in [2.05, 4.69) is 11.4 Å². The third-order valence-corrected chi connectivity index (χ3v) is 5.72. The highest BCUT2D eigenvalue weighted by atomic mass is 32.1. The van der Waals surface area contributed by atoms with Crippen molar-refractivity contribution >= 4 is 28.2 Å². The summed E-state index contributed by atoms with van der Waals surface area (Å²) in [7, 11) is 0. The van der Waals surface area contributed by atoms with Crippen molar-refractivity contribution in [3.8, 4) is 17.9 Å². The molecule has 0 radical (unpaired) electrons. The molecule has 2 aromatic rings. The van der Waals surface area contributed by atoms with Gasteiger partial charge in [-0.2, -0.15) is 10.5 Å². The molecule has 3 rings (SSSR count). The molecule has 0 unspecified atom stereocenters. The highest BCUT2D eigenvalue weighted by Crippen LogP contribution is 2.37. The standard InChI is InChI=1S/C21H19N3O4S/c1-13(28-15-8-6-14(10-22)7-9-15)21(26)27-12-19(25)24-20-17(11-23)16-4-2-3-5-18(16)29-20/h6-9,13H,2-5,12H2,1H3,(H,24,25)/t13-/m1/s1. The summed E-state index contributed by atoms with van der Waals surface area (Å²) in [6.07, 6.45) is 2.98. The molecule has 1 aromatic carbocycles. The maximum absolute atomic E-state index is 12.2. The first-order valence-corrected chi connectivity index (χ1v) is 10.0. The lowest BCUT2D eigenvalue weighted by molar-refractivity contribution is -0.153. The van der Waals surface area contributed by atoms with E-state index in [-0.39, 0.29) is 0 Å². The smallest absolute Gasteiger partial charge is 0.347 e. The number of amides is 1. The van der Waals surface area contributed by atoms with Crippen LogP contribution in [0.3, 0.4) is 0 Å². The number of nitrogens with zero attached hydrogens (tertiary/aromatic N) is 2. The Morgan fingerprint density at radius 1 is 1.17 bits per heavy atom. The average Bonchev–Trinajstić information content (AvgIpc) is 3.09. The van der Waals surface area contributed by atoms with Gasteiger partial charge in [0.25, 0.3) is 5.91 Å². The molecule has 1 aliphatic carbocycles. The van der Waals surface area contributed by atoms with E-state index in [1.165, 1.54) is 18.3 Å². The average molecular weight is 409 g/mol. The molecule has 8 heteroatoms. The monoisotopic (exact) mass is 409 g/mol. The fraction of sp³-hybridized carbons (Fsp3) is 0.333. The third-order valence-electron chi connectivity index (χ3n) is 4.51. The molecule has 1 atom stereocenters. The Bertz CT molecular complexity index is 999. The van der Waals surface area contributed by atoms with Crippen molar-refractivity contribution in [3.05, 3.63) is 45.8 Å². The van der Waals surface area contributed by atoms with Crippen LogP contribution < -0.4 is 10.1 Å². The van der Waals surface area contributed by atoms with Gasteiger partial charge < -0.3 is 14.8 Å². The van der Waals surface area contributed by atoms with Crippen LogP contribution in [0.25, 0.3) is 0 Å². The van der Waals surface area contributed by atoms with Gasteiger partial charge in [0, 0.05) is 4.88 Å². The zero-order chi connectivity index (χ0) is 20.8. The van der Waals surface area contributed by atoms with Gasteiger partial charge in [0.05, 0.1) is 17.2 Å². The number of aryl methyl sites for hydroxylation is 1. The maximum Gasteiger partial charge on any atom is 0.347 e. The third kappa shape index (κ3) is 4.92. The van der Waals surface area contributed by atoms with E-state index in [1.54, 1.807) is 24.3 Å². The molecule has 0 saturated carbocycles. The van der Waals surface area contributed by atoms with Gasteiger partial charge >= 0.3 is 5.97 Å². The first-order valence-electron chi connectivity index (χ1n) is 9.19. The summed E-state index contributed by atoms with van der Waals surface area (Å²) < 4.78 is 10.5. The zero-order valence-electron chi connectivity index (χ0n) is 15.9. The van der Waals surface area contributed by atoms with E-state index in [0.717, 1.165) is 36.1 Å². The summed E-state index contributed by atoms with van der Waals surface area (Å²) in [6, 6.07) is 10.5. The molecule has 0 saturated heterocycles. The van der Waals surface area contributed by atoms with Crippen molar-refractivity contribution < 1.29 is 19.1 Å². The van der Waals surface area contributed by atoms with Gasteiger partial charge in [-0.05, 0) is 62.4 Å². The second kappa shape index (κ2) is 9.22. The topological polar surface area (TPSA) is 112 Å². The number of esters is 1. The second-order valence-corrected chi connectivity index (χ2v) is 7.68. The molecule has 0 fully saturated rings. The van der Waals surface area contributed by atoms with Crippen LogP contribution in [0, 0.1) is 22.7 Å². The first-order chi connectivity index (χ1) is 14.0. The van der Waals surface area contributed by atoms with Gasteiger partial charge in [-0.3, -0.25) is 4.79 Å². The number of fused-ring (bicyclic) bond motifs is 1. The SMILES string of the molecule is C[C@@H](Oc1ccc(C#N)cc1)C(=O)OCC(=O)Nc1sc2c(c1C#N)CCCC2. The van der Waals surface area contributed by atoms with Crippen LogP contribution in [0.1, 0.15) is 41.3 Å². The van der Waals surface area contributed by atoms with Crippen molar-refractivity contribution in [2.45, 2.75) is 38.7 Å². The summed E-state index contributed by atoms with van der Waals surface area (Å²) in [4.78, 5) is 25.4. The Morgan fingerprint density at radius 2 is 1.90 bits per heavy atom. The molecule has 0 bridgehead atoms. The Hall–Kier alpha value is -3.36. The van der Waals surface area contributed by atoms with Gasteiger partial charge in [0.1, 0.15) is 16.8 Å². The van der Waals surface area contributed by atoms with E-state index < -0.39 is 24.6 Å². The van der Waals surface area contributed by atoms with E-state index in [9.17, 15) is 14.9 Å². The molecule has 0 spiro atoms. The molecular formula is C21H19N3O4S. The lowest BCUT2D eigenvalue weighted by Gasteiger charge is -2.14.